The molecule has 0 amide bonds. The fourth-order valence-electron chi connectivity index (χ4n) is 2.87. The van der Waals surface area contributed by atoms with Crippen LogP contribution in [-0.2, 0) is 6.54 Å². The maximum Gasteiger partial charge on any atom is 0.214 e. The Labute approximate surface area is 137 Å². The highest BCUT2D eigenvalue weighted by Gasteiger charge is 2.33. The molecule has 23 heavy (non-hydrogen) atoms. The van der Waals surface area contributed by atoms with Crippen LogP contribution in [-0.4, -0.2) is 21.1 Å². The first-order valence-corrected chi connectivity index (χ1v) is 7.51. The SMILES string of the molecule is O=C1c2ccccc2C(=O)c2c1ncn2Cc1cccc(Cl)c1. The molecule has 1 heterocycles. The fraction of sp³-hybridized carbons (Fsp3) is 0.0556. The number of imidazole rings is 1. The number of hydrogen-bond donors (Lipinski definition) is 0. The number of nitrogens with zero attached hydrogens (tertiary/aromatic N) is 2. The van der Waals surface area contributed by atoms with Crippen LogP contribution in [0.5, 0.6) is 0 Å². The van der Waals surface area contributed by atoms with Crippen molar-refractivity contribution in [1.82, 2.24) is 9.55 Å². The molecular weight excluding hydrogens is 312 g/mol. The van der Waals surface area contributed by atoms with Crippen LogP contribution >= 0.6 is 11.6 Å². The van der Waals surface area contributed by atoms with E-state index >= 15 is 0 Å². The fourth-order valence-corrected chi connectivity index (χ4v) is 3.09. The van der Waals surface area contributed by atoms with Gasteiger partial charge in [-0.15, -0.1) is 0 Å². The molecule has 0 saturated heterocycles. The third kappa shape index (κ3) is 2.19. The summed E-state index contributed by atoms with van der Waals surface area (Å²) in [5.41, 5.74) is 2.34. The third-order valence-corrected chi connectivity index (χ3v) is 4.16. The van der Waals surface area contributed by atoms with Crippen LogP contribution in [0.2, 0.25) is 5.02 Å². The van der Waals surface area contributed by atoms with Gasteiger partial charge in [-0.05, 0) is 17.7 Å². The molecule has 0 saturated carbocycles. The summed E-state index contributed by atoms with van der Waals surface area (Å²) >= 11 is 6.00. The molecule has 0 bridgehead atoms. The van der Waals surface area contributed by atoms with Crippen LogP contribution in [0.25, 0.3) is 0 Å². The van der Waals surface area contributed by atoms with Crippen LogP contribution in [0, 0.1) is 0 Å². The number of fused-ring (bicyclic) bond motifs is 2. The molecule has 0 unspecified atom stereocenters. The van der Waals surface area contributed by atoms with Crippen molar-refractivity contribution in [3.05, 3.63) is 88.0 Å². The number of aromatic nitrogens is 2. The van der Waals surface area contributed by atoms with Gasteiger partial charge in [-0.1, -0.05) is 48.0 Å². The standard InChI is InChI=1S/C18H11ClN2O2/c19-12-5-3-4-11(8-12)9-21-10-20-15-16(21)18(23)14-7-2-1-6-13(14)17(15)22/h1-8,10H,9H2. The second-order valence-electron chi connectivity index (χ2n) is 5.40. The lowest BCUT2D eigenvalue weighted by atomic mass is 9.90. The van der Waals surface area contributed by atoms with Crippen molar-refractivity contribution >= 4 is 23.2 Å². The van der Waals surface area contributed by atoms with E-state index in [4.69, 9.17) is 11.6 Å². The Morgan fingerprint density at radius 1 is 0.957 bits per heavy atom. The van der Waals surface area contributed by atoms with E-state index in [0.29, 0.717) is 28.4 Å². The summed E-state index contributed by atoms with van der Waals surface area (Å²) in [5, 5.41) is 0.629. The molecule has 0 atom stereocenters. The lowest BCUT2D eigenvalue weighted by molar-refractivity contribution is 0.0971. The van der Waals surface area contributed by atoms with Gasteiger partial charge in [0.2, 0.25) is 11.6 Å². The van der Waals surface area contributed by atoms with E-state index in [1.54, 1.807) is 34.9 Å². The molecule has 0 aliphatic heterocycles. The zero-order valence-corrected chi connectivity index (χ0v) is 12.7. The number of benzene rings is 2. The summed E-state index contributed by atoms with van der Waals surface area (Å²) in [5.74, 6) is -0.380. The normalized spacial score (nSPS) is 12.9. The Balaban J connectivity index is 1.81. The third-order valence-electron chi connectivity index (χ3n) is 3.93. The monoisotopic (exact) mass is 322 g/mol. The molecule has 4 nitrogen and oxygen atoms in total. The van der Waals surface area contributed by atoms with Crippen LogP contribution in [0.15, 0.2) is 54.9 Å². The second kappa shape index (κ2) is 5.18. The summed E-state index contributed by atoms with van der Waals surface area (Å²) in [4.78, 5) is 29.4. The molecule has 1 aliphatic rings. The number of carbonyl (C=O) groups is 2. The molecule has 0 fully saturated rings. The van der Waals surface area contributed by atoms with Gasteiger partial charge in [-0.3, -0.25) is 9.59 Å². The van der Waals surface area contributed by atoms with Gasteiger partial charge in [0.05, 0.1) is 6.33 Å². The summed E-state index contributed by atoms with van der Waals surface area (Å²) in [6.45, 7) is 0.435. The molecule has 1 aliphatic carbocycles. The topological polar surface area (TPSA) is 52.0 Å². The van der Waals surface area contributed by atoms with E-state index in [0.717, 1.165) is 5.56 Å². The van der Waals surface area contributed by atoms with Crippen molar-refractivity contribution < 1.29 is 9.59 Å². The van der Waals surface area contributed by atoms with E-state index in [2.05, 4.69) is 4.98 Å². The molecule has 1 aromatic heterocycles. The smallest absolute Gasteiger partial charge is 0.214 e. The molecule has 112 valence electrons. The average molecular weight is 323 g/mol. The van der Waals surface area contributed by atoms with Crippen LogP contribution in [0.3, 0.4) is 0 Å². The van der Waals surface area contributed by atoms with Gasteiger partial charge in [-0.25, -0.2) is 4.98 Å². The van der Waals surface area contributed by atoms with Crippen LogP contribution in [0.1, 0.15) is 37.7 Å². The molecule has 0 N–H and O–H groups in total. The summed E-state index contributed by atoms with van der Waals surface area (Å²) in [6, 6.07) is 14.2. The van der Waals surface area contributed by atoms with Crippen molar-refractivity contribution in [2.45, 2.75) is 6.54 Å². The van der Waals surface area contributed by atoms with Crippen LogP contribution < -0.4 is 0 Å². The van der Waals surface area contributed by atoms with Crippen molar-refractivity contribution in [3.63, 3.8) is 0 Å². The van der Waals surface area contributed by atoms with E-state index in [1.165, 1.54) is 6.33 Å². The van der Waals surface area contributed by atoms with Gasteiger partial charge in [-0.2, -0.15) is 0 Å². The van der Waals surface area contributed by atoms with Crippen molar-refractivity contribution in [2.24, 2.45) is 0 Å². The van der Waals surface area contributed by atoms with E-state index in [-0.39, 0.29) is 17.3 Å². The zero-order chi connectivity index (χ0) is 16.0. The lowest BCUT2D eigenvalue weighted by Crippen LogP contribution is -2.23. The van der Waals surface area contributed by atoms with Gasteiger partial charge in [0, 0.05) is 22.7 Å². The highest BCUT2D eigenvalue weighted by Crippen LogP contribution is 2.27. The van der Waals surface area contributed by atoms with Gasteiger partial charge in [0.25, 0.3) is 0 Å². The van der Waals surface area contributed by atoms with E-state index in [1.807, 2.05) is 18.2 Å². The minimum Gasteiger partial charge on any atom is -0.323 e. The molecule has 3 aromatic rings. The minimum absolute atomic E-state index is 0.172. The Kier molecular flexibility index (Phi) is 3.13. The lowest BCUT2D eigenvalue weighted by Gasteiger charge is -2.15. The minimum atomic E-state index is -0.208. The van der Waals surface area contributed by atoms with Gasteiger partial charge < -0.3 is 4.57 Å². The largest absolute Gasteiger partial charge is 0.323 e. The van der Waals surface area contributed by atoms with Crippen molar-refractivity contribution in [1.29, 1.82) is 0 Å². The summed E-state index contributed by atoms with van der Waals surface area (Å²) in [6.07, 6.45) is 1.53. The predicted molar refractivity (Wildman–Crippen MR) is 86.1 cm³/mol. The highest BCUT2D eigenvalue weighted by molar-refractivity contribution is 6.30. The highest BCUT2D eigenvalue weighted by atomic mass is 35.5. The molecule has 0 radical (unpaired) electrons. The van der Waals surface area contributed by atoms with Crippen molar-refractivity contribution in [3.8, 4) is 0 Å². The molecular formula is C18H11ClN2O2. The average Bonchev–Trinajstić information content (AvgIpc) is 2.97. The maximum absolute atomic E-state index is 12.8. The predicted octanol–water partition coefficient (Wildman–Crippen LogP) is 3.36. The first kappa shape index (κ1) is 13.9. The Morgan fingerprint density at radius 2 is 1.70 bits per heavy atom. The van der Waals surface area contributed by atoms with Crippen molar-refractivity contribution in [2.75, 3.05) is 0 Å². The summed E-state index contributed by atoms with van der Waals surface area (Å²) < 4.78 is 1.71. The molecule has 2 aromatic carbocycles. The number of halogens is 1. The molecule has 0 spiro atoms. The number of carbonyl (C=O) groups excluding carboxylic acids is 2. The van der Waals surface area contributed by atoms with Gasteiger partial charge >= 0.3 is 0 Å². The van der Waals surface area contributed by atoms with Gasteiger partial charge in [0.1, 0.15) is 11.4 Å². The number of ketones is 2. The Bertz CT molecular complexity index is 959. The number of hydrogen-bond acceptors (Lipinski definition) is 3. The molecule has 5 heteroatoms. The Hall–Kier alpha value is -2.72. The Morgan fingerprint density at radius 3 is 2.43 bits per heavy atom. The number of rotatable bonds is 2. The van der Waals surface area contributed by atoms with E-state index in [9.17, 15) is 9.59 Å². The summed E-state index contributed by atoms with van der Waals surface area (Å²) in [7, 11) is 0. The maximum atomic E-state index is 12.8. The molecule has 4 rings (SSSR count). The van der Waals surface area contributed by atoms with Crippen LogP contribution in [0.4, 0.5) is 0 Å². The zero-order valence-electron chi connectivity index (χ0n) is 12.0. The first-order valence-electron chi connectivity index (χ1n) is 7.13. The first-order chi connectivity index (χ1) is 11.1. The van der Waals surface area contributed by atoms with E-state index < -0.39 is 0 Å². The van der Waals surface area contributed by atoms with Gasteiger partial charge in [0.15, 0.2) is 0 Å². The second-order valence-corrected chi connectivity index (χ2v) is 5.84. The quantitative estimate of drug-likeness (QED) is 0.568.